The van der Waals surface area contributed by atoms with Crippen molar-refractivity contribution < 1.29 is 9.90 Å². The van der Waals surface area contributed by atoms with Crippen molar-refractivity contribution in [3.05, 3.63) is 29.3 Å². The van der Waals surface area contributed by atoms with E-state index in [0.29, 0.717) is 12.1 Å². The molecule has 18 heavy (non-hydrogen) atoms. The molecule has 98 valence electrons. The molecule has 1 aromatic rings. The number of benzene rings is 1. The molecule has 0 saturated carbocycles. The maximum absolute atomic E-state index is 12.0. The van der Waals surface area contributed by atoms with Crippen molar-refractivity contribution >= 4 is 17.7 Å². The van der Waals surface area contributed by atoms with Gasteiger partial charge in [0.1, 0.15) is 5.75 Å². The monoisotopic (exact) mass is 265 g/mol. The Morgan fingerprint density at radius 1 is 1.56 bits per heavy atom. The van der Waals surface area contributed by atoms with Crippen LogP contribution >= 0.6 is 11.8 Å². The molecule has 3 nitrogen and oxygen atoms in total. The second kappa shape index (κ2) is 5.22. The zero-order chi connectivity index (χ0) is 13.2. The molecule has 0 radical (unpaired) electrons. The van der Waals surface area contributed by atoms with Crippen LogP contribution in [0.1, 0.15) is 35.7 Å². The minimum Gasteiger partial charge on any atom is -0.507 e. The number of carbonyl (C=O) groups excluding carboxylic acids is 1. The molecule has 1 heterocycles. The molecule has 1 aromatic carbocycles. The van der Waals surface area contributed by atoms with Crippen LogP contribution in [0.5, 0.6) is 5.75 Å². The summed E-state index contributed by atoms with van der Waals surface area (Å²) in [6.07, 6.45) is 2.35. The summed E-state index contributed by atoms with van der Waals surface area (Å²) in [4.78, 5) is 12.0. The first-order chi connectivity index (χ1) is 8.50. The van der Waals surface area contributed by atoms with Gasteiger partial charge in [0.25, 0.3) is 5.91 Å². The number of thioether (sulfide) groups is 1. The van der Waals surface area contributed by atoms with Gasteiger partial charge >= 0.3 is 0 Å². The third kappa shape index (κ3) is 2.99. The van der Waals surface area contributed by atoms with Gasteiger partial charge in [-0.1, -0.05) is 11.6 Å². The SMILES string of the molecule is Cc1ccc(O)c(C(=O)NCC2(C)CCCS2)c1. The summed E-state index contributed by atoms with van der Waals surface area (Å²) >= 11 is 1.91. The first kappa shape index (κ1) is 13.3. The Balaban J connectivity index is 2.01. The van der Waals surface area contributed by atoms with Crippen molar-refractivity contribution in [3.63, 3.8) is 0 Å². The lowest BCUT2D eigenvalue weighted by Crippen LogP contribution is -2.36. The number of aryl methyl sites for hydroxylation is 1. The molecule has 0 bridgehead atoms. The minimum atomic E-state index is -0.190. The van der Waals surface area contributed by atoms with E-state index in [1.54, 1.807) is 18.2 Å². The molecule has 0 aromatic heterocycles. The standard InChI is InChI=1S/C14H19NO2S/c1-10-4-5-12(16)11(8-10)13(17)15-9-14(2)6-3-7-18-14/h4-5,8,16H,3,6-7,9H2,1-2H3,(H,15,17). The number of phenolic OH excluding ortho intramolecular Hbond substituents is 1. The smallest absolute Gasteiger partial charge is 0.255 e. The zero-order valence-electron chi connectivity index (χ0n) is 10.8. The largest absolute Gasteiger partial charge is 0.507 e. The Morgan fingerprint density at radius 2 is 2.33 bits per heavy atom. The fourth-order valence-electron chi connectivity index (χ4n) is 2.17. The van der Waals surface area contributed by atoms with E-state index >= 15 is 0 Å². The minimum absolute atomic E-state index is 0.0438. The summed E-state index contributed by atoms with van der Waals surface area (Å²) < 4.78 is 0.148. The highest BCUT2D eigenvalue weighted by molar-refractivity contribution is 8.00. The van der Waals surface area contributed by atoms with Crippen molar-refractivity contribution in [1.29, 1.82) is 0 Å². The molecule has 1 fully saturated rings. The van der Waals surface area contributed by atoms with Crippen LogP contribution in [0.2, 0.25) is 0 Å². The van der Waals surface area contributed by atoms with Gasteiger partial charge in [0.2, 0.25) is 0 Å². The van der Waals surface area contributed by atoms with Gasteiger partial charge in [-0.2, -0.15) is 11.8 Å². The summed E-state index contributed by atoms with van der Waals surface area (Å²) in [6.45, 7) is 4.75. The fourth-order valence-corrected chi connectivity index (χ4v) is 3.41. The highest BCUT2D eigenvalue weighted by Crippen LogP contribution is 2.37. The number of hydrogen-bond acceptors (Lipinski definition) is 3. The molecule has 0 aliphatic carbocycles. The molecular weight excluding hydrogens is 246 g/mol. The van der Waals surface area contributed by atoms with Gasteiger partial charge in [-0.25, -0.2) is 0 Å². The number of carbonyl (C=O) groups is 1. The number of nitrogens with one attached hydrogen (secondary N) is 1. The molecule has 1 atom stereocenters. The molecular formula is C14H19NO2S. The van der Waals surface area contributed by atoms with Crippen LogP contribution in [0.25, 0.3) is 0 Å². The van der Waals surface area contributed by atoms with Gasteiger partial charge in [0.05, 0.1) is 5.56 Å². The topological polar surface area (TPSA) is 49.3 Å². The van der Waals surface area contributed by atoms with E-state index in [0.717, 1.165) is 12.0 Å². The van der Waals surface area contributed by atoms with Gasteiger partial charge in [-0.3, -0.25) is 4.79 Å². The lowest BCUT2D eigenvalue weighted by molar-refractivity contribution is 0.0947. The highest BCUT2D eigenvalue weighted by Gasteiger charge is 2.30. The van der Waals surface area contributed by atoms with Crippen LogP contribution in [0.3, 0.4) is 0 Å². The third-order valence-corrected chi connectivity index (χ3v) is 4.86. The second-order valence-corrected chi connectivity index (χ2v) is 6.79. The Hall–Kier alpha value is -1.16. The normalized spacial score (nSPS) is 23.0. The predicted octanol–water partition coefficient (Wildman–Crippen LogP) is 2.72. The van der Waals surface area contributed by atoms with E-state index in [4.69, 9.17) is 0 Å². The Bertz CT molecular complexity index is 453. The fraction of sp³-hybridized carbons (Fsp3) is 0.500. The number of aromatic hydroxyl groups is 1. The molecule has 1 unspecified atom stereocenters. The van der Waals surface area contributed by atoms with Crippen molar-refractivity contribution in [1.82, 2.24) is 5.32 Å². The lowest BCUT2D eigenvalue weighted by Gasteiger charge is -2.23. The number of phenols is 1. The average molecular weight is 265 g/mol. The summed E-state index contributed by atoms with van der Waals surface area (Å²) in [5, 5.41) is 12.6. The number of rotatable bonds is 3. The molecule has 2 N–H and O–H groups in total. The van der Waals surface area contributed by atoms with Crippen molar-refractivity contribution in [2.24, 2.45) is 0 Å². The van der Waals surface area contributed by atoms with Crippen LogP contribution in [0, 0.1) is 6.92 Å². The van der Waals surface area contributed by atoms with Gasteiger partial charge in [0, 0.05) is 11.3 Å². The van der Waals surface area contributed by atoms with Crippen molar-refractivity contribution in [2.45, 2.75) is 31.4 Å². The van der Waals surface area contributed by atoms with Crippen molar-refractivity contribution in [3.8, 4) is 5.75 Å². The molecule has 2 rings (SSSR count). The van der Waals surface area contributed by atoms with E-state index < -0.39 is 0 Å². The van der Waals surface area contributed by atoms with Gasteiger partial charge < -0.3 is 10.4 Å². The van der Waals surface area contributed by atoms with Gasteiger partial charge in [0.15, 0.2) is 0 Å². The molecule has 1 amide bonds. The van der Waals surface area contributed by atoms with Crippen molar-refractivity contribution in [2.75, 3.05) is 12.3 Å². The summed E-state index contributed by atoms with van der Waals surface area (Å²) in [5.41, 5.74) is 1.33. The van der Waals surface area contributed by atoms with E-state index in [1.807, 2.05) is 18.7 Å². The zero-order valence-corrected chi connectivity index (χ0v) is 11.6. The molecule has 0 spiro atoms. The highest BCUT2D eigenvalue weighted by atomic mass is 32.2. The maximum Gasteiger partial charge on any atom is 0.255 e. The third-order valence-electron chi connectivity index (χ3n) is 3.32. The van der Waals surface area contributed by atoms with E-state index in [2.05, 4.69) is 12.2 Å². The van der Waals surface area contributed by atoms with Gasteiger partial charge in [-0.05, 0) is 44.6 Å². The summed E-state index contributed by atoms with van der Waals surface area (Å²) in [7, 11) is 0. The van der Waals surface area contributed by atoms with Gasteiger partial charge in [-0.15, -0.1) is 0 Å². The Labute approximate surface area is 112 Å². The molecule has 1 aliphatic rings. The number of hydrogen-bond donors (Lipinski definition) is 2. The van der Waals surface area contributed by atoms with Crippen LogP contribution in [-0.2, 0) is 0 Å². The second-order valence-electron chi connectivity index (χ2n) is 5.11. The Morgan fingerprint density at radius 3 is 3.00 bits per heavy atom. The first-order valence-corrected chi connectivity index (χ1v) is 7.20. The molecule has 1 aliphatic heterocycles. The average Bonchev–Trinajstić information content (AvgIpc) is 2.77. The maximum atomic E-state index is 12.0. The summed E-state index contributed by atoms with van der Waals surface area (Å²) in [5.74, 6) is 1.02. The van der Waals surface area contributed by atoms with Crippen LogP contribution in [-0.4, -0.2) is 28.1 Å². The van der Waals surface area contributed by atoms with E-state index in [9.17, 15) is 9.90 Å². The predicted molar refractivity (Wildman–Crippen MR) is 75.3 cm³/mol. The Kier molecular flexibility index (Phi) is 3.85. The van der Waals surface area contributed by atoms with Crippen LogP contribution < -0.4 is 5.32 Å². The van der Waals surface area contributed by atoms with Crippen LogP contribution in [0.15, 0.2) is 18.2 Å². The molecule has 1 saturated heterocycles. The quantitative estimate of drug-likeness (QED) is 0.883. The van der Waals surface area contributed by atoms with E-state index in [1.165, 1.54) is 12.2 Å². The summed E-state index contributed by atoms with van der Waals surface area (Å²) in [6, 6.07) is 5.07. The lowest BCUT2D eigenvalue weighted by atomic mass is 10.1. The van der Waals surface area contributed by atoms with E-state index in [-0.39, 0.29) is 16.4 Å². The number of amides is 1. The van der Waals surface area contributed by atoms with Crippen LogP contribution in [0.4, 0.5) is 0 Å². The first-order valence-electron chi connectivity index (χ1n) is 6.22. The molecule has 4 heteroatoms.